The van der Waals surface area contributed by atoms with Crippen molar-refractivity contribution in [3.05, 3.63) is 16.5 Å². The summed E-state index contributed by atoms with van der Waals surface area (Å²) in [4.78, 5) is 8.38. The molecular formula is C9H13BrN2OS. The lowest BCUT2D eigenvalue weighted by Crippen LogP contribution is -2.15. The monoisotopic (exact) mass is 276 g/mol. The van der Waals surface area contributed by atoms with Crippen LogP contribution in [-0.2, 0) is 0 Å². The van der Waals surface area contributed by atoms with Crippen molar-refractivity contribution in [3.8, 4) is 0 Å². The van der Waals surface area contributed by atoms with E-state index in [-0.39, 0.29) is 11.4 Å². The van der Waals surface area contributed by atoms with E-state index in [1.54, 1.807) is 18.7 Å². The maximum absolute atomic E-state index is 9.34. The third kappa shape index (κ3) is 3.55. The van der Waals surface area contributed by atoms with Crippen LogP contribution in [0.25, 0.3) is 0 Å². The molecule has 5 heteroatoms. The zero-order valence-corrected chi connectivity index (χ0v) is 10.8. The van der Waals surface area contributed by atoms with Crippen LogP contribution in [0.15, 0.2) is 15.7 Å². The molecule has 1 N–H and O–H groups in total. The summed E-state index contributed by atoms with van der Waals surface area (Å²) in [6.07, 6.45) is -0.339. The molecule has 0 aromatic carbocycles. The molecule has 0 aliphatic rings. The van der Waals surface area contributed by atoms with Gasteiger partial charge in [-0.3, -0.25) is 0 Å². The van der Waals surface area contributed by atoms with Gasteiger partial charge in [0.1, 0.15) is 15.5 Å². The van der Waals surface area contributed by atoms with Gasteiger partial charge in [0.25, 0.3) is 0 Å². The molecule has 0 aliphatic heterocycles. The molecule has 0 saturated heterocycles. The quantitative estimate of drug-likeness (QED) is 0.680. The molecule has 78 valence electrons. The lowest BCUT2D eigenvalue weighted by Gasteiger charge is -2.13. The van der Waals surface area contributed by atoms with Crippen molar-refractivity contribution < 1.29 is 5.11 Å². The summed E-state index contributed by atoms with van der Waals surface area (Å²) >= 11 is 4.86. The van der Waals surface area contributed by atoms with Crippen molar-refractivity contribution in [2.24, 2.45) is 0 Å². The van der Waals surface area contributed by atoms with Gasteiger partial charge in [0.2, 0.25) is 0 Å². The molecule has 3 nitrogen and oxygen atoms in total. The number of rotatable bonds is 3. The van der Waals surface area contributed by atoms with E-state index >= 15 is 0 Å². The van der Waals surface area contributed by atoms with Crippen LogP contribution in [0.1, 0.15) is 19.7 Å². The fourth-order valence-corrected chi connectivity index (χ4v) is 2.42. The predicted molar refractivity (Wildman–Crippen MR) is 61.5 cm³/mol. The first-order valence-corrected chi connectivity index (χ1v) is 6.02. The molecule has 0 radical (unpaired) electrons. The van der Waals surface area contributed by atoms with Crippen molar-refractivity contribution in [2.75, 3.05) is 0 Å². The highest BCUT2D eigenvalue weighted by Gasteiger charge is 2.11. The van der Waals surface area contributed by atoms with E-state index in [1.807, 2.05) is 19.9 Å². The molecule has 1 heterocycles. The third-order valence-corrected chi connectivity index (χ3v) is 3.39. The molecule has 1 aromatic heterocycles. The number of nitrogens with zero attached hydrogens (tertiary/aromatic N) is 2. The van der Waals surface area contributed by atoms with Gasteiger partial charge in [-0.2, -0.15) is 0 Å². The van der Waals surface area contributed by atoms with Crippen molar-refractivity contribution in [1.29, 1.82) is 0 Å². The second-order valence-corrected chi connectivity index (χ2v) is 5.35. The summed E-state index contributed by atoms with van der Waals surface area (Å²) in [6.45, 7) is 5.60. The van der Waals surface area contributed by atoms with Crippen LogP contribution in [0.4, 0.5) is 0 Å². The van der Waals surface area contributed by atoms with Crippen molar-refractivity contribution in [1.82, 2.24) is 9.97 Å². The molecule has 0 spiro atoms. The van der Waals surface area contributed by atoms with E-state index in [0.29, 0.717) is 0 Å². The Balaban J connectivity index is 2.76. The minimum atomic E-state index is -0.339. The van der Waals surface area contributed by atoms with Crippen LogP contribution in [-0.4, -0.2) is 26.4 Å². The maximum atomic E-state index is 9.34. The molecule has 0 saturated carbocycles. The predicted octanol–water partition coefficient (Wildman–Crippen LogP) is 2.41. The Hall–Kier alpha value is -0.130. The minimum Gasteiger partial charge on any atom is -0.392 e. The van der Waals surface area contributed by atoms with Gasteiger partial charge in [-0.1, -0.05) is 6.92 Å². The smallest absolute Gasteiger partial charge is 0.127 e. The summed E-state index contributed by atoms with van der Waals surface area (Å²) in [5.41, 5.74) is 0. The Labute approximate surface area is 96.5 Å². The van der Waals surface area contributed by atoms with E-state index in [9.17, 15) is 5.11 Å². The number of aromatic nitrogens is 2. The SMILES string of the molecule is Cc1nc(Br)cc(SC(C)C(C)O)n1. The molecule has 0 amide bonds. The van der Waals surface area contributed by atoms with Crippen LogP contribution in [0.3, 0.4) is 0 Å². The fourth-order valence-electron chi connectivity index (χ4n) is 0.855. The Morgan fingerprint density at radius 1 is 1.43 bits per heavy atom. The number of halogens is 1. The second kappa shape index (κ2) is 5.09. The molecule has 2 unspecified atom stereocenters. The molecule has 1 aromatic rings. The zero-order chi connectivity index (χ0) is 10.7. The number of hydrogen-bond donors (Lipinski definition) is 1. The molecular weight excluding hydrogens is 264 g/mol. The van der Waals surface area contributed by atoms with Crippen LogP contribution < -0.4 is 0 Å². The lowest BCUT2D eigenvalue weighted by atomic mass is 10.3. The Kier molecular flexibility index (Phi) is 4.34. The molecule has 1 rings (SSSR count). The van der Waals surface area contributed by atoms with Gasteiger partial charge in [-0.05, 0) is 29.8 Å². The van der Waals surface area contributed by atoms with Crippen LogP contribution in [0.5, 0.6) is 0 Å². The normalized spacial score (nSPS) is 15.2. The van der Waals surface area contributed by atoms with Crippen LogP contribution >= 0.6 is 27.7 Å². The number of hydrogen-bond acceptors (Lipinski definition) is 4. The van der Waals surface area contributed by atoms with Gasteiger partial charge in [-0.15, -0.1) is 11.8 Å². The summed E-state index contributed by atoms with van der Waals surface area (Å²) in [5, 5.41) is 10.4. The van der Waals surface area contributed by atoms with Crippen LogP contribution in [0, 0.1) is 6.92 Å². The Morgan fingerprint density at radius 2 is 2.07 bits per heavy atom. The summed E-state index contributed by atoms with van der Waals surface area (Å²) in [5.74, 6) is 0.736. The highest BCUT2D eigenvalue weighted by molar-refractivity contribution is 9.10. The first-order valence-electron chi connectivity index (χ1n) is 4.35. The number of thioether (sulfide) groups is 1. The average molecular weight is 277 g/mol. The molecule has 0 aliphatic carbocycles. The maximum Gasteiger partial charge on any atom is 0.127 e. The van der Waals surface area contributed by atoms with E-state index in [2.05, 4.69) is 25.9 Å². The van der Waals surface area contributed by atoms with Crippen molar-refractivity contribution in [3.63, 3.8) is 0 Å². The lowest BCUT2D eigenvalue weighted by molar-refractivity contribution is 0.196. The molecule has 2 atom stereocenters. The van der Waals surface area contributed by atoms with Gasteiger partial charge in [0, 0.05) is 11.3 Å². The van der Waals surface area contributed by atoms with Gasteiger partial charge in [-0.25, -0.2) is 9.97 Å². The number of aliphatic hydroxyl groups excluding tert-OH is 1. The standard InChI is InChI=1S/C9H13BrN2OS/c1-5(13)6(2)14-9-4-8(10)11-7(3)12-9/h4-6,13H,1-3H3. The third-order valence-electron chi connectivity index (χ3n) is 1.77. The van der Waals surface area contributed by atoms with Gasteiger partial charge in [0.15, 0.2) is 0 Å². The Morgan fingerprint density at radius 3 is 2.57 bits per heavy atom. The topological polar surface area (TPSA) is 46.0 Å². The van der Waals surface area contributed by atoms with Crippen LogP contribution in [0.2, 0.25) is 0 Å². The van der Waals surface area contributed by atoms with E-state index in [1.165, 1.54) is 0 Å². The van der Waals surface area contributed by atoms with Gasteiger partial charge >= 0.3 is 0 Å². The average Bonchev–Trinajstić information content (AvgIpc) is 2.01. The van der Waals surface area contributed by atoms with E-state index < -0.39 is 0 Å². The highest BCUT2D eigenvalue weighted by atomic mass is 79.9. The number of aryl methyl sites for hydroxylation is 1. The largest absolute Gasteiger partial charge is 0.392 e. The molecule has 0 fully saturated rings. The Bertz CT molecular complexity index is 299. The first kappa shape index (κ1) is 11.9. The van der Waals surface area contributed by atoms with Crippen molar-refractivity contribution >= 4 is 27.7 Å². The summed E-state index contributed by atoms with van der Waals surface area (Å²) in [6, 6.07) is 1.86. The summed E-state index contributed by atoms with van der Waals surface area (Å²) in [7, 11) is 0. The second-order valence-electron chi connectivity index (χ2n) is 3.14. The molecule has 14 heavy (non-hydrogen) atoms. The first-order chi connectivity index (χ1) is 6.49. The van der Waals surface area contributed by atoms with E-state index in [4.69, 9.17) is 0 Å². The zero-order valence-electron chi connectivity index (χ0n) is 8.36. The van der Waals surface area contributed by atoms with Gasteiger partial charge < -0.3 is 5.11 Å². The van der Waals surface area contributed by atoms with Crippen molar-refractivity contribution in [2.45, 2.75) is 37.2 Å². The molecule has 0 bridgehead atoms. The fraction of sp³-hybridized carbons (Fsp3) is 0.556. The highest BCUT2D eigenvalue weighted by Crippen LogP contribution is 2.25. The summed E-state index contributed by atoms with van der Waals surface area (Å²) < 4.78 is 0.783. The number of aliphatic hydroxyl groups is 1. The van der Waals surface area contributed by atoms with Gasteiger partial charge in [0.05, 0.1) is 6.10 Å². The van der Waals surface area contributed by atoms with E-state index in [0.717, 1.165) is 15.5 Å². The minimum absolute atomic E-state index is 0.135.